The van der Waals surface area contributed by atoms with Gasteiger partial charge >= 0.3 is 0 Å². The highest BCUT2D eigenvalue weighted by Crippen LogP contribution is 2.20. The van der Waals surface area contributed by atoms with E-state index >= 15 is 0 Å². The molecule has 4 nitrogen and oxygen atoms in total. The first kappa shape index (κ1) is 11.8. The lowest BCUT2D eigenvalue weighted by Crippen LogP contribution is -2.51. The van der Waals surface area contributed by atoms with Crippen molar-refractivity contribution in [2.24, 2.45) is 0 Å². The van der Waals surface area contributed by atoms with Crippen molar-refractivity contribution in [3.05, 3.63) is 0 Å². The first-order valence-corrected chi connectivity index (χ1v) is 5.91. The van der Waals surface area contributed by atoms with E-state index < -0.39 is 6.17 Å². The van der Waals surface area contributed by atoms with Crippen LogP contribution in [0.4, 0.5) is 4.39 Å². The van der Waals surface area contributed by atoms with Crippen molar-refractivity contribution in [2.45, 2.75) is 37.5 Å². The van der Waals surface area contributed by atoms with Crippen LogP contribution in [0.15, 0.2) is 0 Å². The van der Waals surface area contributed by atoms with Gasteiger partial charge in [0.15, 0.2) is 0 Å². The van der Waals surface area contributed by atoms with E-state index in [1.54, 1.807) is 0 Å². The van der Waals surface area contributed by atoms with Gasteiger partial charge in [0.1, 0.15) is 6.17 Å². The standard InChI is InChI=1S/C11H19FN2O2/c1-14(10-7-16-6-8(10)12)9-4-2-3-5-13-11(9)15/h8-10H,2-7H2,1H3,(H,13,15). The molecular formula is C11H19FN2O2. The van der Waals surface area contributed by atoms with Gasteiger partial charge in [-0.05, 0) is 26.3 Å². The van der Waals surface area contributed by atoms with Gasteiger partial charge in [-0.2, -0.15) is 0 Å². The Morgan fingerprint density at radius 2 is 2.25 bits per heavy atom. The summed E-state index contributed by atoms with van der Waals surface area (Å²) < 4.78 is 18.6. The van der Waals surface area contributed by atoms with Crippen molar-refractivity contribution >= 4 is 5.91 Å². The fourth-order valence-electron chi connectivity index (χ4n) is 2.43. The second kappa shape index (κ2) is 5.10. The number of hydrogen-bond donors (Lipinski definition) is 1. The molecule has 2 aliphatic rings. The predicted octanol–water partition coefficient (Wildman–Crippen LogP) is 0.324. The van der Waals surface area contributed by atoms with Gasteiger partial charge < -0.3 is 10.1 Å². The SMILES string of the molecule is CN(C1CCCCNC1=O)C1COCC1F. The highest BCUT2D eigenvalue weighted by atomic mass is 19.1. The van der Waals surface area contributed by atoms with Gasteiger partial charge in [0.25, 0.3) is 0 Å². The van der Waals surface area contributed by atoms with Crippen molar-refractivity contribution in [1.82, 2.24) is 10.2 Å². The third kappa shape index (κ3) is 2.35. The number of likely N-dealkylation sites (N-methyl/N-ethyl adjacent to an activating group) is 1. The Labute approximate surface area is 95.1 Å². The number of halogens is 1. The van der Waals surface area contributed by atoms with E-state index in [4.69, 9.17) is 4.74 Å². The lowest BCUT2D eigenvalue weighted by Gasteiger charge is -2.31. The number of ether oxygens (including phenoxy) is 1. The van der Waals surface area contributed by atoms with Gasteiger partial charge in [-0.1, -0.05) is 0 Å². The van der Waals surface area contributed by atoms with E-state index in [0.29, 0.717) is 6.61 Å². The largest absolute Gasteiger partial charge is 0.377 e. The van der Waals surface area contributed by atoms with Gasteiger partial charge in [0.2, 0.25) is 5.91 Å². The predicted molar refractivity (Wildman–Crippen MR) is 57.9 cm³/mol. The van der Waals surface area contributed by atoms with E-state index in [9.17, 15) is 9.18 Å². The van der Waals surface area contributed by atoms with Crippen LogP contribution in [0, 0.1) is 0 Å². The molecule has 16 heavy (non-hydrogen) atoms. The van der Waals surface area contributed by atoms with E-state index in [0.717, 1.165) is 25.8 Å². The lowest BCUT2D eigenvalue weighted by atomic mass is 10.1. The Kier molecular flexibility index (Phi) is 3.76. The number of carbonyl (C=O) groups excluding carboxylic acids is 1. The van der Waals surface area contributed by atoms with Crippen LogP contribution < -0.4 is 5.32 Å². The van der Waals surface area contributed by atoms with Gasteiger partial charge in [-0.15, -0.1) is 0 Å². The molecule has 2 saturated heterocycles. The zero-order chi connectivity index (χ0) is 11.5. The Morgan fingerprint density at radius 3 is 2.94 bits per heavy atom. The van der Waals surface area contributed by atoms with Crippen LogP contribution in [0.1, 0.15) is 19.3 Å². The molecular weight excluding hydrogens is 211 g/mol. The van der Waals surface area contributed by atoms with Gasteiger partial charge in [0.05, 0.1) is 25.3 Å². The fourth-order valence-corrected chi connectivity index (χ4v) is 2.43. The number of amides is 1. The number of hydrogen-bond acceptors (Lipinski definition) is 3. The highest BCUT2D eigenvalue weighted by Gasteiger charge is 2.37. The summed E-state index contributed by atoms with van der Waals surface area (Å²) in [6, 6.07) is -0.471. The third-order valence-corrected chi connectivity index (χ3v) is 3.50. The maximum absolute atomic E-state index is 13.5. The molecule has 3 atom stereocenters. The third-order valence-electron chi connectivity index (χ3n) is 3.50. The molecule has 92 valence electrons. The highest BCUT2D eigenvalue weighted by molar-refractivity contribution is 5.81. The van der Waals surface area contributed by atoms with Crippen LogP contribution in [-0.2, 0) is 9.53 Å². The Bertz CT molecular complexity index is 262. The van der Waals surface area contributed by atoms with Crippen molar-refractivity contribution < 1.29 is 13.9 Å². The lowest BCUT2D eigenvalue weighted by molar-refractivity contribution is -0.126. The summed E-state index contributed by atoms with van der Waals surface area (Å²) in [6.45, 7) is 1.29. The van der Waals surface area contributed by atoms with Crippen LogP contribution in [0.3, 0.4) is 0 Å². The zero-order valence-corrected chi connectivity index (χ0v) is 9.62. The molecule has 0 aromatic heterocycles. The van der Waals surface area contributed by atoms with Crippen LogP contribution >= 0.6 is 0 Å². The molecule has 3 unspecified atom stereocenters. The maximum atomic E-state index is 13.5. The molecule has 2 rings (SSSR count). The van der Waals surface area contributed by atoms with Crippen LogP contribution in [0.2, 0.25) is 0 Å². The monoisotopic (exact) mass is 230 g/mol. The molecule has 5 heteroatoms. The quantitative estimate of drug-likeness (QED) is 0.743. The zero-order valence-electron chi connectivity index (χ0n) is 9.62. The normalized spacial score (nSPS) is 36.2. The maximum Gasteiger partial charge on any atom is 0.237 e. The molecule has 0 aliphatic carbocycles. The number of rotatable bonds is 2. The van der Waals surface area contributed by atoms with Crippen LogP contribution in [0.25, 0.3) is 0 Å². The van der Waals surface area contributed by atoms with E-state index in [2.05, 4.69) is 5.32 Å². The fraction of sp³-hybridized carbons (Fsp3) is 0.909. The summed E-state index contributed by atoms with van der Waals surface area (Å²) in [4.78, 5) is 13.6. The molecule has 1 amide bonds. The number of nitrogens with zero attached hydrogens (tertiary/aromatic N) is 1. The minimum absolute atomic E-state index is 0.0269. The van der Waals surface area contributed by atoms with E-state index in [-0.39, 0.29) is 24.6 Å². The smallest absolute Gasteiger partial charge is 0.237 e. The van der Waals surface area contributed by atoms with Gasteiger partial charge in [0, 0.05) is 6.54 Å². The molecule has 0 spiro atoms. The minimum Gasteiger partial charge on any atom is -0.377 e. The van der Waals surface area contributed by atoms with Crippen molar-refractivity contribution in [2.75, 3.05) is 26.8 Å². The van der Waals surface area contributed by atoms with Gasteiger partial charge in [-0.3, -0.25) is 9.69 Å². The molecule has 0 aromatic rings. The van der Waals surface area contributed by atoms with Crippen molar-refractivity contribution in [3.63, 3.8) is 0 Å². The Balaban J connectivity index is 2.01. The first-order valence-electron chi connectivity index (χ1n) is 5.91. The molecule has 2 fully saturated rings. The second-order valence-electron chi connectivity index (χ2n) is 4.59. The molecule has 2 aliphatic heterocycles. The van der Waals surface area contributed by atoms with E-state index in [1.165, 1.54) is 0 Å². The van der Waals surface area contributed by atoms with Gasteiger partial charge in [-0.25, -0.2) is 4.39 Å². The Morgan fingerprint density at radius 1 is 1.44 bits per heavy atom. The summed E-state index contributed by atoms with van der Waals surface area (Å²) in [6.07, 6.45) is 1.86. The summed E-state index contributed by atoms with van der Waals surface area (Å²) in [5.74, 6) is 0.0269. The van der Waals surface area contributed by atoms with Crippen LogP contribution in [-0.4, -0.2) is 55.9 Å². The first-order chi connectivity index (χ1) is 7.70. The molecule has 0 aromatic carbocycles. The van der Waals surface area contributed by atoms with Crippen molar-refractivity contribution in [1.29, 1.82) is 0 Å². The summed E-state index contributed by atoms with van der Waals surface area (Å²) in [5.41, 5.74) is 0. The molecule has 0 radical (unpaired) electrons. The summed E-state index contributed by atoms with van der Waals surface area (Å²) >= 11 is 0. The second-order valence-corrected chi connectivity index (χ2v) is 4.59. The topological polar surface area (TPSA) is 41.6 Å². The summed E-state index contributed by atoms with van der Waals surface area (Å²) in [7, 11) is 1.82. The van der Waals surface area contributed by atoms with Crippen molar-refractivity contribution in [3.8, 4) is 0 Å². The molecule has 2 heterocycles. The minimum atomic E-state index is -0.971. The number of nitrogens with one attached hydrogen (secondary N) is 1. The average molecular weight is 230 g/mol. The van der Waals surface area contributed by atoms with Crippen LogP contribution in [0.5, 0.6) is 0 Å². The Hall–Kier alpha value is -0.680. The molecule has 1 N–H and O–H groups in total. The average Bonchev–Trinajstić information content (AvgIpc) is 2.56. The molecule has 0 bridgehead atoms. The van der Waals surface area contributed by atoms with E-state index in [1.807, 2.05) is 11.9 Å². The summed E-state index contributed by atoms with van der Waals surface area (Å²) in [5, 5.41) is 2.87. The number of alkyl halides is 1. The molecule has 0 saturated carbocycles. The number of carbonyl (C=O) groups is 1.